The maximum absolute atomic E-state index is 11.0. The minimum Gasteiger partial charge on any atom is -0.395 e. The van der Waals surface area contributed by atoms with E-state index in [0.717, 1.165) is 0 Å². The van der Waals surface area contributed by atoms with Crippen LogP contribution in [-0.4, -0.2) is 62.4 Å². The lowest BCUT2D eigenvalue weighted by atomic mass is 10.0. The molecule has 0 radical (unpaired) electrons. The van der Waals surface area contributed by atoms with Crippen molar-refractivity contribution in [1.29, 1.82) is 0 Å². The van der Waals surface area contributed by atoms with Gasteiger partial charge in [0.1, 0.15) is 18.8 Å². The molecule has 0 aliphatic rings. The molecule has 0 aliphatic heterocycles. The van der Waals surface area contributed by atoms with Crippen LogP contribution in [0.4, 0.5) is 0 Å². The summed E-state index contributed by atoms with van der Waals surface area (Å²) in [5.74, 6) is -1.15. The summed E-state index contributed by atoms with van der Waals surface area (Å²) in [6, 6.07) is -1.24. The van der Waals surface area contributed by atoms with Gasteiger partial charge in [0.2, 0.25) is 0 Å². The molecule has 0 aromatic rings. The first-order valence-electron chi connectivity index (χ1n) is 4.14. The summed E-state index contributed by atoms with van der Waals surface area (Å²) in [5.41, 5.74) is 5.13. The highest BCUT2D eigenvalue weighted by Crippen LogP contribution is 2.35. The lowest BCUT2D eigenvalue weighted by Crippen LogP contribution is -2.49. The topological polar surface area (TPSA) is 171 Å². The number of phosphoric acid groups is 1. The Morgan fingerprint density at radius 1 is 1.38 bits per heavy atom. The first-order chi connectivity index (χ1) is 7.19. The summed E-state index contributed by atoms with van der Waals surface area (Å²) in [7, 11) is -4.81. The standard InChI is InChI=1S/C6H14NO8P/c7-3(1-8)5(10)6(11)4(9)2-15-16(12,13)14/h3,5-6,8,10-11H,1-2,7H2,(H2,12,13,14)/t3-,5-,6-/m1/s1. The van der Waals surface area contributed by atoms with E-state index in [2.05, 4.69) is 4.52 Å². The van der Waals surface area contributed by atoms with Gasteiger partial charge in [-0.05, 0) is 0 Å². The van der Waals surface area contributed by atoms with E-state index in [0.29, 0.717) is 0 Å². The number of nitrogens with two attached hydrogens (primary N) is 1. The van der Waals surface area contributed by atoms with Gasteiger partial charge in [-0.3, -0.25) is 9.32 Å². The van der Waals surface area contributed by atoms with Crippen LogP contribution in [0.25, 0.3) is 0 Å². The third kappa shape index (κ3) is 5.64. The molecule has 7 N–H and O–H groups in total. The van der Waals surface area contributed by atoms with Crippen LogP contribution in [0.5, 0.6) is 0 Å². The third-order valence-corrected chi connectivity index (χ3v) is 2.14. The minimum atomic E-state index is -4.81. The van der Waals surface area contributed by atoms with Crippen molar-refractivity contribution in [3.8, 4) is 0 Å². The summed E-state index contributed by atoms with van der Waals surface area (Å²) >= 11 is 0. The second-order valence-electron chi connectivity index (χ2n) is 3.01. The minimum absolute atomic E-state index is 0.662. The summed E-state index contributed by atoms with van der Waals surface area (Å²) < 4.78 is 14.0. The molecule has 0 unspecified atom stereocenters. The van der Waals surface area contributed by atoms with Gasteiger partial charge < -0.3 is 30.8 Å². The van der Waals surface area contributed by atoms with Crippen LogP contribution in [0.15, 0.2) is 0 Å². The molecule has 96 valence electrons. The monoisotopic (exact) mass is 259 g/mol. The number of aliphatic hydroxyl groups excluding tert-OH is 3. The van der Waals surface area contributed by atoms with Crippen molar-refractivity contribution >= 4 is 13.6 Å². The number of ketones is 1. The van der Waals surface area contributed by atoms with E-state index in [4.69, 9.17) is 25.7 Å². The van der Waals surface area contributed by atoms with E-state index in [1.807, 2.05) is 0 Å². The Labute approximate surface area is 90.7 Å². The summed E-state index contributed by atoms with van der Waals surface area (Å²) in [5, 5.41) is 26.9. The Kier molecular flexibility index (Phi) is 6.23. The van der Waals surface area contributed by atoms with Crippen LogP contribution in [0.2, 0.25) is 0 Å². The molecular weight excluding hydrogens is 245 g/mol. The highest BCUT2D eigenvalue weighted by atomic mass is 31.2. The zero-order valence-electron chi connectivity index (χ0n) is 8.13. The van der Waals surface area contributed by atoms with Crippen molar-refractivity contribution < 1.29 is 39.0 Å². The van der Waals surface area contributed by atoms with Crippen molar-refractivity contribution in [3.63, 3.8) is 0 Å². The van der Waals surface area contributed by atoms with Crippen LogP contribution in [0.1, 0.15) is 0 Å². The largest absolute Gasteiger partial charge is 0.470 e. The summed E-state index contributed by atoms with van der Waals surface area (Å²) in [6.07, 6.45) is -3.72. The predicted molar refractivity (Wildman–Crippen MR) is 50.1 cm³/mol. The molecule has 0 aromatic heterocycles. The van der Waals surface area contributed by atoms with Crippen molar-refractivity contribution in [2.75, 3.05) is 13.2 Å². The predicted octanol–water partition coefficient (Wildman–Crippen LogP) is -3.29. The van der Waals surface area contributed by atoms with Crippen molar-refractivity contribution in [2.45, 2.75) is 18.2 Å². The Morgan fingerprint density at radius 3 is 2.25 bits per heavy atom. The van der Waals surface area contributed by atoms with Crippen LogP contribution in [-0.2, 0) is 13.9 Å². The van der Waals surface area contributed by atoms with Gasteiger partial charge in [-0.1, -0.05) is 0 Å². The second kappa shape index (κ2) is 6.38. The fourth-order valence-corrected chi connectivity index (χ4v) is 1.06. The van der Waals surface area contributed by atoms with Crippen molar-refractivity contribution in [3.05, 3.63) is 0 Å². The van der Waals surface area contributed by atoms with E-state index in [1.54, 1.807) is 0 Å². The molecule has 0 aliphatic carbocycles. The maximum atomic E-state index is 11.0. The van der Waals surface area contributed by atoms with Crippen LogP contribution >= 0.6 is 7.82 Å². The lowest BCUT2D eigenvalue weighted by molar-refractivity contribution is -0.136. The number of hydrogen-bond acceptors (Lipinski definition) is 7. The number of aliphatic hydroxyl groups is 3. The molecule has 0 amide bonds. The van der Waals surface area contributed by atoms with Gasteiger partial charge in [-0.25, -0.2) is 4.57 Å². The van der Waals surface area contributed by atoms with E-state index in [9.17, 15) is 14.5 Å². The molecule has 0 saturated carbocycles. The SMILES string of the molecule is N[C@H](CO)[C@@H](O)[C@H](O)C(=O)COP(=O)(O)O. The first kappa shape index (κ1) is 15.6. The first-order valence-corrected chi connectivity index (χ1v) is 5.67. The van der Waals surface area contributed by atoms with Gasteiger partial charge >= 0.3 is 7.82 Å². The average molecular weight is 259 g/mol. The van der Waals surface area contributed by atoms with Gasteiger partial charge in [0.25, 0.3) is 0 Å². The Balaban J connectivity index is 4.23. The number of carbonyl (C=O) groups excluding carboxylic acids is 1. The van der Waals surface area contributed by atoms with Crippen molar-refractivity contribution in [1.82, 2.24) is 0 Å². The normalized spacial score (nSPS) is 17.9. The van der Waals surface area contributed by atoms with E-state index < -0.39 is 45.1 Å². The average Bonchev–Trinajstić information content (AvgIpc) is 2.21. The van der Waals surface area contributed by atoms with Crippen LogP contribution in [0, 0.1) is 0 Å². The molecule has 0 rings (SSSR count). The third-order valence-electron chi connectivity index (χ3n) is 1.68. The number of hydrogen-bond donors (Lipinski definition) is 6. The summed E-state index contributed by atoms with van der Waals surface area (Å²) in [6.45, 7) is -1.73. The lowest BCUT2D eigenvalue weighted by Gasteiger charge is -2.21. The summed E-state index contributed by atoms with van der Waals surface area (Å²) in [4.78, 5) is 27.6. The molecule has 3 atom stereocenters. The highest BCUT2D eigenvalue weighted by Gasteiger charge is 2.30. The van der Waals surface area contributed by atoms with Gasteiger partial charge in [0.05, 0.1) is 12.6 Å². The van der Waals surface area contributed by atoms with Gasteiger partial charge in [-0.15, -0.1) is 0 Å². The Bertz CT molecular complexity index is 278. The fourth-order valence-electron chi connectivity index (χ4n) is 0.766. The van der Waals surface area contributed by atoms with Gasteiger partial charge in [-0.2, -0.15) is 0 Å². The molecular formula is C6H14NO8P. The van der Waals surface area contributed by atoms with E-state index >= 15 is 0 Å². The molecule has 0 spiro atoms. The Morgan fingerprint density at radius 2 is 1.88 bits per heavy atom. The zero-order valence-corrected chi connectivity index (χ0v) is 9.03. The van der Waals surface area contributed by atoms with Gasteiger partial charge in [0.15, 0.2) is 5.78 Å². The molecule has 0 bridgehead atoms. The number of carbonyl (C=O) groups is 1. The highest BCUT2D eigenvalue weighted by molar-refractivity contribution is 7.46. The van der Waals surface area contributed by atoms with E-state index in [-0.39, 0.29) is 0 Å². The molecule has 0 saturated heterocycles. The quantitative estimate of drug-likeness (QED) is 0.256. The molecule has 9 nitrogen and oxygen atoms in total. The second-order valence-corrected chi connectivity index (χ2v) is 4.25. The number of rotatable bonds is 7. The van der Waals surface area contributed by atoms with Crippen LogP contribution in [0.3, 0.4) is 0 Å². The Hall–Kier alpha value is -0.380. The zero-order chi connectivity index (χ0) is 12.9. The molecule has 0 fully saturated rings. The number of Topliss-reactive ketones (excluding diaryl/α,β-unsaturated/α-hetero) is 1. The smallest absolute Gasteiger partial charge is 0.395 e. The van der Waals surface area contributed by atoms with Crippen molar-refractivity contribution in [2.24, 2.45) is 5.73 Å². The molecule has 0 heterocycles. The fraction of sp³-hybridized carbons (Fsp3) is 0.833. The molecule has 10 heteroatoms. The molecule has 16 heavy (non-hydrogen) atoms. The molecule has 0 aromatic carbocycles. The van der Waals surface area contributed by atoms with Gasteiger partial charge in [0, 0.05) is 0 Å². The number of phosphoric ester groups is 1. The van der Waals surface area contributed by atoms with E-state index in [1.165, 1.54) is 0 Å². The van der Waals surface area contributed by atoms with Crippen LogP contribution < -0.4 is 5.73 Å². The maximum Gasteiger partial charge on any atom is 0.470 e.